The highest BCUT2D eigenvalue weighted by atomic mass is 16.2. The molecule has 0 saturated carbocycles. The van der Waals surface area contributed by atoms with E-state index >= 15 is 0 Å². The second-order valence-electron chi connectivity index (χ2n) is 6.05. The Bertz CT molecular complexity index is 483. The summed E-state index contributed by atoms with van der Waals surface area (Å²) in [7, 11) is 0. The molecular formula is C16H26N4O. The van der Waals surface area contributed by atoms with Crippen LogP contribution in [0, 0.1) is 19.8 Å². The van der Waals surface area contributed by atoms with Gasteiger partial charge in [-0.2, -0.15) is 0 Å². The molecule has 0 radical (unpaired) electrons. The van der Waals surface area contributed by atoms with Gasteiger partial charge in [-0.05, 0) is 46.1 Å². The fourth-order valence-corrected chi connectivity index (χ4v) is 2.68. The third-order valence-corrected chi connectivity index (χ3v) is 4.05. The number of carbonyl (C=O) groups excluding carboxylic acids is 1. The van der Waals surface area contributed by atoms with Crippen LogP contribution in [0.15, 0.2) is 6.07 Å². The first-order valence-corrected chi connectivity index (χ1v) is 7.87. The third-order valence-electron chi connectivity index (χ3n) is 4.05. The average Bonchev–Trinajstić information content (AvgIpc) is 2.46. The molecule has 0 aromatic carbocycles. The summed E-state index contributed by atoms with van der Waals surface area (Å²) >= 11 is 0. The lowest BCUT2D eigenvalue weighted by atomic mass is 9.97. The molecule has 1 N–H and O–H groups in total. The summed E-state index contributed by atoms with van der Waals surface area (Å²) in [5.41, 5.74) is 1.95. The van der Waals surface area contributed by atoms with Crippen molar-refractivity contribution in [3.05, 3.63) is 17.5 Å². The van der Waals surface area contributed by atoms with Gasteiger partial charge in [0, 0.05) is 30.5 Å². The number of aromatic nitrogens is 2. The van der Waals surface area contributed by atoms with Crippen molar-refractivity contribution in [1.82, 2.24) is 15.3 Å². The lowest BCUT2D eigenvalue weighted by Crippen LogP contribution is -2.45. The summed E-state index contributed by atoms with van der Waals surface area (Å²) in [5, 5.41) is 3.09. The Hall–Kier alpha value is -1.65. The number of nitrogens with one attached hydrogen (secondary N) is 1. The molecule has 1 saturated heterocycles. The molecule has 0 bridgehead atoms. The van der Waals surface area contributed by atoms with Gasteiger partial charge in [-0.1, -0.05) is 6.92 Å². The van der Waals surface area contributed by atoms with E-state index in [1.165, 1.54) is 0 Å². The first-order chi connectivity index (χ1) is 9.99. The number of hydrogen-bond donors (Lipinski definition) is 1. The summed E-state index contributed by atoms with van der Waals surface area (Å²) in [6.45, 7) is 9.73. The van der Waals surface area contributed by atoms with Gasteiger partial charge >= 0.3 is 0 Å². The number of hydrogen-bond acceptors (Lipinski definition) is 4. The minimum atomic E-state index is 0.0390. The van der Waals surface area contributed by atoms with Gasteiger partial charge in [-0.15, -0.1) is 0 Å². The second kappa shape index (κ2) is 6.87. The van der Waals surface area contributed by atoms with E-state index in [1.807, 2.05) is 26.8 Å². The van der Waals surface area contributed by atoms with E-state index < -0.39 is 0 Å². The summed E-state index contributed by atoms with van der Waals surface area (Å²) in [5.74, 6) is 0.962. The maximum atomic E-state index is 12.3. The first-order valence-electron chi connectivity index (χ1n) is 7.87. The highest BCUT2D eigenvalue weighted by molar-refractivity contribution is 5.79. The molecule has 0 spiro atoms. The van der Waals surface area contributed by atoms with Gasteiger partial charge < -0.3 is 10.2 Å². The molecule has 1 aliphatic heterocycles. The number of anilines is 1. The Balaban J connectivity index is 2.05. The van der Waals surface area contributed by atoms with Crippen LogP contribution in [0.3, 0.4) is 0 Å². The van der Waals surface area contributed by atoms with Crippen LogP contribution in [-0.4, -0.2) is 35.0 Å². The smallest absolute Gasteiger partial charge is 0.225 e. The predicted octanol–water partition coefficient (Wildman–Crippen LogP) is 2.22. The van der Waals surface area contributed by atoms with Crippen molar-refractivity contribution in [1.29, 1.82) is 0 Å². The minimum Gasteiger partial charge on any atom is -0.353 e. The number of amides is 1. The molecule has 116 valence electrons. The van der Waals surface area contributed by atoms with Crippen LogP contribution < -0.4 is 10.2 Å². The number of rotatable bonds is 4. The highest BCUT2D eigenvalue weighted by Gasteiger charge is 2.27. The maximum Gasteiger partial charge on any atom is 0.225 e. The van der Waals surface area contributed by atoms with Crippen LogP contribution in [0.4, 0.5) is 5.95 Å². The van der Waals surface area contributed by atoms with Gasteiger partial charge in [0.2, 0.25) is 11.9 Å². The Morgan fingerprint density at radius 3 is 2.71 bits per heavy atom. The second-order valence-corrected chi connectivity index (χ2v) is 6.05. The molecule has 5 nitrogen and oxygen atoms in total. The summed E-state index contributed by atoms with van der Waals surface area (Å²) < 4.78 is 0. The van der Waals surface area contributed by atoms with Crippen molar-refractivity contribution in [3.63, 3.8) is 0 Å². The van der Waals surface area contributed by atoms with Crippen LogP contribution in [0.25, 0.3) is 0 Å². The Morgan fingerprint density at radius 1 is 1.43 bits per heavy atom. The minimum absolute atomic E-state index is 0.0390. The van der Waals surface area contributed by atoms with Crippen molar-refractivity contribution >= 4 is 11.9 Å². The van der Waals surface area contributed by atoms with Gasteiger partial charge in [-0.3, -0.25) is 4.79 Å². The van der Waals surface area contributed by atoms with E-state index in [0.717, 1.165) is 43.1 Å². The number of nitrogens with zero attached hydrogens (tertiary/aromatic N) is 3. The zero-order chi connectivity index (χ0) is 15.4. The first kappa shape index (κ1) is 15.7. The molecule has 0 aliphatic carbocycles. The maximum absolute atomic E-state index is 12.3. The van der Waals surface area contributed by atoms with Crippen molar-refractivity contribution in [2.45, 2.75) is 53.0 Å². The number of aryl methyl sites for hydroxylation is 2. The van der Waals surface area contributed by atoms with Gasteiger partial charge in [0.15, 0.2) is 0 Å². The average molecular weight is 290 g/mol. The van der Waals surface area contributed by atoms with Crippen molar-refractivity contribution in [3.8, 4) is 0 Å². The van der Waals surface area contributed by atoms with Crippen molar-refractivity contribution in [2.75, 3.05) is 18.0 Å². The summed E-state index contributed by atoms with van der Waals surface area (Å²) in [6, 6.07) is 2.21. The van der Waals surface area contributed by atoms with Gasteiger partial charge in [-0.25, -0.2) is 9.97 Å². The molecule has 21 heavy (non-hydrogen) atoms. The van der Waals surface area contributed by atoms with Gasteiger partial charge in [0.1, 0.15) is 0 Å². The quantitative estimate of drug-likeness (QED) is 0.924. The highest BCUT2D eigenvalue weighted by Crippen LogP contribution is 2.21. The fraction of sp³-hybridized carbons (Fsp3) is 0.688. The van der Waals surface area contributed by atoms with E-state index in [9.17, 15) is 4.79 Å². The SMILES string of the molecule is CCC(C)NC(=O)C1CCCN(c2nc(C)cc(C)n2)C1. The van der Waals surface area contributed by atoms with Crippen molar-refractivity contribution < 1.29 is 4.79 Å². The van der Waals surface area contributed by atoms with Gasteiger partial charge in [0.25, 0.3) is 0 Å². The molecule has 5 heteroatoms. The standard InChI is InChI=1S/C16H26N4O/c1-5-11(2)17-15(21)14-7-6-8-20(10-14)16-18-12(3)9-13(4)19-16/h9,11,14H,5-8,10H2,1-4H3,(H,17,21). The largest absolute Gasteiger partial charge is 0.353 e. The van der Waals surface area contributed by atoms with Crippen LogP contribution in [0.5, 0.6) is 0 Å². The number of carbonyl (C=O) groups is 1. The van der Waals surface area contributed by atoms with E-state index in [0.29, 0.717) is 6.54 Å². The monoisotopic (exact) mass is 290 g/mol. The Kier molecular flexibility index (Phi) is 5.15. The topological polar surface area (TPSA) is 58.1 Å². The summed E-state index contributed by atoms with van der Waals surface area (Å²) in [4.78, 5) is 23.5. The van der Waals surface area contributed by atoms with E-state index in [4.69, 9.17) is 0 Å². The van der Waals surface area contributed by atoms with Crippen molar-refractivity contribution in [2.24, 2.45) is 5.92 Å². The molecule has 2 atom stereocenters. The molecule has 1 aromatic rings. The molecule has 2 heterocycles. The van der Waals surface area contributed by atoms with E-state index in [1.54, 1.807) is 0 Å². The lowest BCUT2D eigenvalue weighted by molar-refractivity contribution is -0.125. The predicted molar refractivity (Wildman–Crippen MR) is 84.3 cm³/mol. The van der Waals surface area contributed by atoms with Crippen LogP contribution >= 0.6 is 0 Å². The molecule has 2 unspecified atom stereocenters. The molecular weight excluding hydrogens is 264 g/mol. The zero-order valence-electron chi connectivity index (χ0n) is 13.5. The van der Waals surface area contributed by atoms with E-state index in [2.05, 4.69) is 27.1 Å². The molecule has 1 aliphatic rings. The summed E-state index contributed by atoms with van der Waals surface area (Å²) in [6.07, 6.45) is 2.92. The van der Waals surface area contributed by atoms with E-state index in [-0.39, 0.29) is 17.9 Å². The van der Waals surface area contributed by atoms with Crippen LogP contribution in [0.2, 0.25) is 0 Å². The van der Waals surface area contributed by atoms with Crippen LogP contribution in [-0.2, 0) is 4.79 Å². The normalized spacial score (nSPS) is 20.2. The lowest BCUT2D eigenvalue weighted by Gasteiger charge is -2.32. The van der Waals surface area contributed by atoms with Gasteiger partial charge in [0.05, 0.1) is 5.92 Å². The Morgan fingerprint density at radius 2 is 2.10 bits per heavy atom. The zero-order valence-corrected chi connectivity index (χ0v) is 13.5. The number of piperidine rings is 1. The molecule has 1 fully saturated rings. The fourth-order valence-electron chi connectivity index (χ4n) is 2.68. The van der Waals surface area contributed by atoms with Crippen LogP contribution in [0.1, 0.15) is 44.5 Å². The molecule has 1 amide bonds. The third kappa shape index (κ3) is 4.16. The molecule has 1 aromatic heterocycles. The Labute approximate surface area is 127 Å². The molecule has 2 rings (SSSR count).